The van der Waals surface area contributed by atoms with Crippen molar-refractivity contribution in [3.8, 4) is 17.0 Å². The van der Waals surface area contributed by atoms with Crippen molar-refractivity contribution in [1.82, 2.24) is 20.2 Å². The largest absolute Gasteiger partial charge is 0.508 e. The maximum atomic E-state index is 12.3. The third kappa shape index (κ3) is 6.26. The Morgan fingerprint density at radius 3 is 2.55 bits per heavy atom. The number of aromatic hydroxyl groups is 1. The average Bonchev–Trinajstić information content (AvgIpc) is 2.73. The topological polar surface area (TPSA) is 98.3 Å². The average molecular weight is 421 g/mol. The summed E-state index contributed by atoms with van der Waals surface area (Å²) >= 11 is 0. The first-order valence-corrected chi connectivity index (χ1v) is 10.2. The van der Waals surface area contributed by atoms with E-state index < -0.39 is 5.69 Å². The SMILES string of the molecule is Cc1cc(-c2cc(Cc3ccc(C(=O)NCCCN(C)C)cc3)[nH]c(=O)n2)ccc1O. The van der Waals surface area contributed by atoms with E-state index in [-0.39, 0.29) is 11.7 Å². The van der Waals surface area contributed by atoms with E-state index in [1.54, 1.807) is 37.3 Å². The summed E-state index contributed by atoms with van der Waals surface area (Å²) in [6, 6.07) is 14.3. The van der Waals surface area contributed by atoms with Crippen LogP contribution in [-0.2, 0) is 6.42 Å². The van der Waals surface area contributed by atoms with Gasteiger partial charge in [0, 0.05) is 29.8 Å². The number of nitrogens with zero attached hydrogens (tertiary/aromatic N) is 2. The second kappa shape index (κ2) is 10.0. The lowest BCUT2D eigenvalue weighted by molar-refractivity contribution is 0.0952. The van der Waals surface area contributed by atoms with Crippen LogP contribution < -0.4 is 11.0 Å². The fourth-order valence-electron chi connectivity index (χ4n) is 3.26. The van der Waals surface area contributed by atoms with Gasteiger partial charge in [-0.2, -0.15) is 4.98 Å². The summed E-state index contributed by atoms with van der Waals surface area (Å²) in [5.74, 6) is 0.114. The van der Waals surface area contributed by atoms with Crippen molar-refractivity contribution in [2.45, 2.75) is 19.8 Å². The van der Waals surface area contributed by atoms with E-state index >= 15 is 0 Å². The van der Waals surface area contributed by atoms with Crippen molar-refractivity contribution in [1.29, 1.82) is 0 Å². The molecule has 0 spiro atoms. The van der Waals surface area contributed by atoms with Crippen LogP contribution in [-0.4, -0.2) is 53.1 Å². The van der Waals surface area contributed by atoms with E-state index in [1.165, 1.54) is 0 Å². The lowest BCUT2D eigenvalue weighted by Gasteiger charge is -2.10. The number of benzene rings is 2. The molecule has 0 aliphatic carbocycles. The predicted molar refractivity (Wildman–Crippen MR) is 121 cm³/mol. The number of nitrogens with one attached hydrogen (secondary N) is 2. The van der Waals surface area contributed by atoms with Gasteiger partial charge in [0.1, 0.15) is 5.75 Å². The van der Waals surface area contributed by atoms with Crippen molar-refractivity contribution >= 4 is 5.91 Å². The number of carbonyl (C=O) groups excluding carboxylic acids is 1. The van der Waals surface area contributed by atoms with Crippen LogP contribution in [0.3, 0.4) is 0 Å². The number of amides is 1. The first kappa shape index (κ1) is 22.2. The van der Waals surface area contributed by atoms with Gasteiger partial charge in [-0.05, 0) is 81.5 Å². The Bertz CT molecular complexity index is 1100. The van der Waals surface area contributed by atoms with E-state index in [0.717, 1.165) is 35.3 Å². The summed E-state index contributed by atoms with van der Waals surface area (Å²) in [5.41, 5.74) is 3.92. The van der Waals surface area contributed by atoms with E-state index in [2.05, 4.69) is 20.2 Å². The first-order chi connectivity index (χ1) is 14.8. The van der Waals surface area contributed by atoms with E-state index in [9.17, 15) is 14.7 Å². The Kier molecular flexibility index (Phi) is 7.20. The fraction of sp³-hybridized carbons (Fsp3) is 0.292. The Labute approximate surface area is 181 Å². The molecule has 3 rings (SSSR count). The smallest absolute Gasteiger partial charge is 0.345 e. The highest BCUT2D eigenvalue weighted by atomic mass is 16.3. The molecule has 0 fully saturated rings. The number of aryl methyl sites for hydroxylation is 1. The standard InChI is InChI=1S/C24H28N4O3/c1-16-13-19(9-10-22(16)29)21-15-20(26-24(31)27-21)14-17-5-7-18(8-6-17)23(30)25-11-4-12-28(2)3/h5-10,13,15,29H,4,11-12,14H2,1-3H3,(H,25,30)(H,26,27,31). The second-order valence-electron chi connectivity index (χ2n) is 7.88. The van der Waals surface area contributed by atoms with Crippen molar-refractivity contribution in [2.75, 3.05) is 27.2 Å². The molecule has 3 aromatic rings. The lowest BCUT2D eigenvalue weighted by atomic mass is 10.0. The number of H-pyrrole nitrogens is 1. The third-order valence-electron chi connectivity index (χ3n) is 4.97. The quantitative estimate of drug-likeness (QED) is 0.487. The first-order valence-electron chi connectivity index (χ1n) is 10.2. The van der Waals surface area contributed by atoms with Gasteiger partial charge < -0.3 is 20.3 Å². The molecule has 1 heterocycles. The van der Waals surface area contributed by atoms with Gasteiger partial charge in [0.2, 0.25) is 0 Å². The molecular formula is C24H28N4O3. The highest BCUT2D eigenvalue weighted by Crippen LogP contribution is 2.24. The minimum absolute atomic E-state index is 0.0902. The minimum Gasteiger partial charge on any atom is -0.508 e. The molecule has 0 unspecified atom stereocenters. The van der Waals surface area contributed by atoms with Gasteiger partial charge in [-0.1, -0.05) is 12.1 Å². The van der Waals surface area contributed by atoms with Gasteiger partial charge in [0.15, 0.2) is 0 Å². The van der Waals surface area contributed by atoms with Crippen LogP contribution in [0.5, 0.6) is 5.75 Å². The van der Waals surface area contributed by atoms with Crippen LogP contribution in [0.4, 0.5) is 0 Å². The number of aromatic amines is 1. The summed E-state index contributed by atoms with van der Waals surface area (Å²) in [6.45, 7) is 3.36. The summed E-state index contributed by atoms with van der Waals surface area (Å²) in [5, 5.41) is 12.6. The number of carbonyl (C=O) groups is 1. The number of hydrogen-bond acceptors (Lipinski definition) is 5. The van der Waals surface area contributed by atoms with E-state index in [4.69, 9.17) is 0 Å². The zero-order valence-electron chi connectivity index (χ0n) is 18.1. The molecule has 0 aliphatic rings. The normalized spacial score (nSPS) is 11.0. The molecule has 0 saturated heterocycles. The molecule has 7 heteroatoms. The molecule has 162 valence electrons. The van der Waals surface area contributed by atoms with Crippen molar-refractivity contribution < 1.29 is 9.90 Å². The summed E-state index contributed by atoms with van der Waals surface area (Å²) in [6.07, 6.45) is 1.40. The zero-order chi connectivity index (χ0) is 22.4. The Morgan fingerprint density at radius 1 is 1.13 bits per heavy atom. The predicted octanol–water partition coefficient (Wildman–Crippen LogP) is 2.72. The number of rotatable bonds is 8. The van der Waals surface area contributed by atoms with E-state index in [0.29, 0.717) is 24.2 Å². The minimum atomic E-state index is -0.424. The maximum Gasteiger partial charge on any atom is 0.345 e. The van der Waals surface area contributed by atoms with Gasteiger partial charge in [-0.25, -0.2) is 4.79 Å². The van der Waals surface area contributed by atoms with Crippen molar-refractivity contribution in [3.63, 3.8) is 0 Å². The Hall–Kier alpha value is -3.45. The number of phenolic OH excluding ortho intramolecular Hbond substituents is 1. The van der Waals surface area contributed by atoms with Gasteiger partial charge in [0.05, 0.1) is 5.69 Å². The molecule has 0 atom stereocenters. The molecule has 0 aliphatic heterocycles. The Morgan fingerprint density at radius 2 is 1.87 bits per heavy atom. The Balaban J connectivity index is 1.68. The van der Waals surface area contributed by atoms with Crippen LogP contribution in [0.25, 0.3) is 11.3 Å². The van der Waals surface area contributed by atoms with Gasteiger partial charge >= 0.3 is 5.69 Å². The third-order valence-corrected chi connectivity index (χ3v) is 4.97. The summed E-state index contributed by atoms with van der Waals surface area (Å²) in [7, 11) is 4.01. The molecule has 7 nitrogen and oxygen atoms in total. The van der Waals surface area contributed by atoms with Crippen LogP contribution in [0.1, 0.15) is 33.6 Å². The molecule has 0 bridgehead atoms. The zero-order valence-corrected chi connectivity index (χ0v) is 18.1. The van der Waals surface area contributed by atoms with Gasteiger partial charge in [-0.15, -0.1) is 0 Å². The number of phenols is 1. The molecule has 1 amide bonds. The highest BCUT2D eigenvalue weighted by Gasteiger charge is 2.08. The van der Waals surface area contributed by atoms with Gasteiger partial charge in [-0.3, -0.25) is 4.79 Å². The summed E-state index contributed by atoms with van der Waals surface area (Å²) in [4.78, 5) is 33.2. The van der Waals surface area contributed by atoms with Crippen LogP contribution in [0.15, 0.2) is 53.3 Å². The monoisotopic (exact) mass is 420 g/mol. The van der Waals surface area contributed by atoms with Gasteiger partial charge in [0.25, 0.3) is 5.91 Å². The summed E-state index contributed by atoms with van der Waals surface area (Å²) < 4.78 is 0. The van der Waals surface area contributed by atoms with Crippen molar-refractivity contribution in [2.24, 2.45) is 0 Å². The molecule has 0 saturated carbocycles. The number of hydrogen-bond donors (Lipinski definition) is 3. The van der Waals surface area contributed by atoms with E-state index in [1.807, 2.05) is 32.3 Å². The van der Waals surface area contributed by atoms with Crippen LogP contribution in [0, 0.1) is 6.92 Å². The van der Waals surface area contributed by atoms with Crippen molar-refractivity contribution in [3.05, 3.63) is 81.4 Å². The van der Waals surface area contributed by atoms with Crippen LogP contribution >= 0.6 is 0 Å². The molecule has 31 heavy (non-hydrogen) atoms. The van der Waals surface area contributed by atoms with Crippen LogP contribution in [0.2, 0.25) is 0 Å². The molecule has 3 N–H and O–H groups in total. The lowest BCUT2D eigenvalue weighted by Crippen LogP contribution is -2.27. The molecule has 2 aromatic carbocycles. The molecule has 1 aromatic heterocycles. The fourth-order valence-corrected chi connectivity index (χ4v) is 3.26. The highest BCUT2D eigenvalue weighted by molar-refractivity contribution is 5.94. The second-order valence-corrected chi connectivity index (χ2v) is 7.88. The number of aromatic nitrogens is 2. The molecule has 0 radical (unpaired) electrons. The maximum absolute atomic E-state index is 12.3. The molecular weight excluding hydrogens is 392 g/mol.